The number of morpholine rings is 1. The second-order valence-corrected chi connectivity index (χ2v) is 11.6. The highest BCUT2D eigenvalue weighted by Gasteiger charge is 2.51. The third-order valence-corrected chi connectivity index (χ3v) is 8.47. The number of benzodiazepines with no additional fused rings is 1. The number of nitrogens with zero attached hydrogens (tertiary/aromatic N) is 4. The molecule has 0 bridgehead atoms. The van der Waals surface area contributed by atoms with E-state index in [0.717, 1.165) is 30.7 Å². The second-order valence-electron chi connectivity index (χ2n) is 10.6. The maximum atomic E-state index is 13.9. The molecule has 14 heteroatoms. The number of amidine groups is 1. The van der Waals surface area contributed by atoms with Gasteiger partial charge in [-0.25, -0.2) is 9.98 Å². The minimum atomic E-state index is -4.58. The lowest BCUT2D eigenvalue weighted by atomic mass is 9.94. The molecule has 2 aliphatic rings. The van der Waals surface area contributed by atoms with Crippen molar-refractivity contribution < 1.29 is 27.4 Å². The zero-order chi connectivity index (χ0) is 30.9. The number of anilines is 2. The van der Waals surface area contributed by atoms with Crippen LogP contribution in [0.3, 0.4) is 0 Å². The molecule has 0 saturated carbocycles. The third-order valence-electron chi connectivity index (χ3n) is 7.03. The second kappa shape index (κ2) is 11.8. The quantitative estimate of drug-likeness (QED) is 0.282. The number of thiazole rings is 1. The number of carbonyl (C=O) groups excluding carboxylic acids is 1. The van der Waals surface area contributed by atoms with Gasteiger partial charge in [0.05, 0.1) is 24.1 Å². The average Bonchev–Trinajstić information content (AvgIpc) is 3.37. The first kappa shape index (κ1) is 30.2. The molecule has 10 nitrogen and oxygen atoms in total. The number of hydrogen-bond acceptors (Lipinski definition) is 9. The first-order valence-corrected chi connectivity index (χ1v) is 14.2. The summed E-state index contributed by atoms with van der Waals surface area (Å²) in [6.07, 6.45) is -6.13. The summed E-state index contributed by atoms with van der Waals surface area (Å²) < 4.78 is 52.8. The molecular weight excluding hydrogens is 583 g/mol. The van der Waals surface area contributed by atoms with E-state index in [1.54, 1.807) is 12.1 Å². The number of alkyl halides is 3. The number of para-hydroxylation sites is 1. The Hall–Kier alpha value is -4.30. The molecule has 2 aliphatic heterocycles. The van der Waals surface area contributed by atoms with Gasteiger partial charge in [0.1, 0.15) is 15.4 Å². The summed E-state index contributed by atoms with van der Waals surface area (Å²) in [6.45, 7) is 5.05. The van der Waals surface area contributed by atoms with Gasteiger partial charge in [0.15, 0.2) is 5.69 Å². The lowest BCUT2D eigenvalue weighted by molar-refractivity contribution is -0.180. The van der Waals surface area contributed by atoms with Crippen LogP contribution in [-0.4, -0.2) is 66.7 Å². The molecule has 3 heterocycles. The number of fused-ring (bicyclic) bond motifs is 1. The fraction of sp³-hybridized carbons (Fsp3) is 0.345. The molecule has 43 heavy (non-hydrogen) atoms. The molecule has 1 saturated heterocycles. The molecular formula is C29H30F3N7O3S. The molecule has 0 unspecified atom stereocenters. The van der Waals surface area contributed by atoms with Crippen molar-refractivity contribution in [2.75, 3.05) is 29.9 Å². The largest absolute Gasteiger partial charge is 0.405 e. The number of carbonyl (C=O) groups is 1. The van der Waals surface area contributed by atoms with Crippen LogP contribution in [0.15, 0.2) is 64.6 Å². The number of halogens is 3. The molecule has 4 N–H and O–H groups in total. The minimum absolute atomic E-state index is 0.115. The van der Waals surface area contributed by atoms with Crippen molar-refractivity contribution in [3.63, 3.8) is 0 Å². The van der Waals surface area contributed by atoms with Gasteiger partial charge in [-0.3, -0.25) is 10.2 Å². The van der Waals surface area contributed by atoms with Gasteiger partial charge in [-0.05, 0) is 26.8 Å². The lowest BCUT2D eigenvalue weighted by Crippen LogP contribution is -2.41. The SMILES string of the molecule is C[C@H]1CN(c2sc(C(C)(C)C(F)(F)F)nc2C(=N)OC(N)=N[C@H]2N=C(c3ccccc3)c3ccccc3NC2=O)CCO1. The van der Waals surface area contributed by atoms with Crippen molar-refractivity contribution >= 4 is 45.6 Å². The van der Waals surface area contributed by atoms with Gasteiger partial charge >= 0.3 is 6.18 Å². The van der Waals surface area contributed by atoms with Gasteiger partial charge in [0.25, 0.3) is 11.9 Å². The molecule has 5 rings (SSSR count). The zero-order valence-electron chi connectivity index (χ0n) is 23.6. The number of ether oxygens (including phenoxy) is 2. The van der Waals surface area contributed by atoms with Crippen molar-refractivity contribution in [3.05, 3.63) is 76.4 Å². The Labute approximate surface area is 250 Å². The first-order chi connectivity index (χ1) is 20.3. The topological polar surface area (TPSA) is 138 Å². The zero-order valence-corrected chi connectivity index (χ0v) is 24.4. The maximum Gasteiger partial charge on any atom is 0.400 e. The van der Waals surface area contributed by atoms with E-state index in [1.807, 2.05) is 54.3 Å². The Kier molecular flexibility index (Phi) is 8.25. The summed E-state index contributed by atoms with van der Waals surface area (Å²) in [5, 5.41) is 11.5. The number of hydrogen-bond donors (Lipinski definition) is 3. The number of rotatable bonds is 5. The van der Waals surface area contributed by atoms with Crippen LogP contribution in [0.4, 0.5) is 23.9 Å². The van der Waals surface area contributed by atoms with Crippen LogP contribution >= 0.6 is 11.3 Å². The van der Waals surface area contributed by atoms with Gasteiger partial charge in [-0.2, -0.15) is 18.2 Å². The standard InChI is InChI=1S/C29H30F3N7O3S/c1-16-15-39(13-14-41-16)25-21(37-26(43-25)28(2,3)29(30,31)32)22(33)42-27(34)38-23-24(40)35-19-12-8-7-11-18(19)20(36-23)17-9-5-4-6-10-17/h4-12,16,23,33H,13-15H2,1-3H3,(H2,34,38)(H,35,40)/t16-,23+/m0/s1. The van der Waals surface area contributed by atoms with E-state index in [0.29, 0.717) is 41.7 Å². The van der Waals surface area contributed by atoms with Crippen LogP contribution in [0.1, 0.15) is 42.6 Å². The number of amides is 1. The highest BCUT2D eigenvalue weighted by Crippen LogP contribution is 2.45. The summed E-state index contributed by atoms with van der Waals surface area (Å²) >= 11 is 0.839. The van der Waals surface area contributed by atoms with E-state index in [-0.39, 0.29) is 16.8 Å². The molecule has 1 fully saturated rings. The molecule has 2 aromatic carbocycles. The Morgan fingerprint density at radius 3 is 2.58 bits per heavy atom. The van der Waals surface area contributed by atoms with Gasteiger partial charge in [0, 0.05) is 24.2 Å². The van der Waals surface area contributed by atoms with Crippen molar-refractivity contribution in [2.45, 2.75) is 44.6 Å². The monoisotopic (exact) mass is 613 g/mol. The smallest absolute Gasteiger partial charge is 0.400 e. The Morgan fingerprint density at radius 2 is 1.88 bits per heavy atom. The number of aromatic nitrogens is 1. The molecule has 1 aromatic heterocycles. The van der Waals surface area contributed by atoms with Crippen LogP contribution in [0.5, 0.6) is 0 Å². The van der Waals surface area contributed by atoms with Gasteiger partial charge in [0.2, 0.25) is 12.1 Å². The maximum absolute atomic E-state index is 13.9. The fourth-order valence-electron chi connectivity index (χ4n) is 4.53. The summed E-state index contributed by atoms with van der Waals surface area (Å²) in [5.74, 6) is -1.19. The molecule has 0 radical (unpaired) electrons. The average molecular weight is 614 g/mol. The van der Waals surface area contributed by atoms with E-state index in [2.05, 4.69) is 20.3 Å². The number of benzene rings is 2. The summed E-state index contributed by atoms with van der Waals surface area (Å²) in [5.41, 5.74) is 6.11. The van der Waals surface area contributed by atoms with Crippen molar-refractivity contribution in [3.8, 4) is 0 Å². The van der Waals surface area contributed by atoms with Crippen LogP contribution in [0, 0.1) is 5.41 Å². The molecule has 1 amide bonds. The van der Waals surface area contributed by atoms with Crippen LogP contribution in [-0.2, 0) is 19.7 Å². The summed E-state index contributed by atoms with van der Waals surface area (Å²) in [6, 6.07) is 15.8. The van der Waals surface area contributed by atoms with E-state index in [1.165, 1.54) is 0 Å². The number of nitrogens with two attached hydrogens (primary N) is 1. The minimum Gasteiger partial charge on any atom is -0.405 e. The van der Waals surface area contributed by atoms with E-state index < -0.39 is 35.6 Å². The fourth-order valence-corrected chi connectivity index (χ4v) is 5.75. The molecule has 2 atom stereocenters. The molecule has 0 aliphatic carbocycles. The van der Waals surface area contributed by atoms with Gasteiger partial charge in [-0.15, -0.1) is 0 Å². The first-order valence-electron chi connectivity index (χ1n) is 13.4. The lowest BCUT2D eigenvalue weighted by Gasteiger charge is -2.32. The highest BCUT2D eigenvalue weighted by molar-refractivity contribution is 7.16. The normalized spacial score (nSPS) is 19.7. The Bertz CT molecular complexity index is 1590. The molecule has 226 valence electrons. The van der Waals surface area contributed by atoms with E-state index in [4.69, 9.17) is 20.6 Å². The van der Waals surface area contributed by atoms with Gasteiger partial charge < -0.3 is 25.4 Å². The summed E-state index contributed by atoms with van der Waals surface area (Å²) in [4.78, 5) is 27.9. The third kappa shape index (κ3) is 6.25. The highest BCUT2D eigenvalue weighted by atomic mass is 32.1. The number of nitrogens with one attached hydrogen (secondary N) is 2. The van der Waals surface area contributed by atoms with Crippen LogP contribution in [0.25, 0.3) is 0 Å². The molecule has 0 spiro atoms. The van der Waals surface area contributed by atoms with Crippen molar-refractivity contribution in [1.82, 2.24) is 4.98 Å². The predicted molar refractivity (Wildman–Crippen MR) is 159 cm³/mol. The molecule has 3 aromatic rings. The Morgan fingerprint density at radius 1 is 1.19 bits per heavy atom. The Balaban J connectivity index is 1.47. The van der Waals surface area contributed by atoms with E-state index in [9.17, 15) is 18.0 Å². The van der Waals surface area contributed by atoms with Gasteiger partial charge in [-0.1, -0.05) is 59.9 Å². The van der Waals surface area contributed by atoms with Crippen LogP contribution in [0.2, 0.25) is 0 Å². The van der Waals surface area contributed by atoms with Crippen LogP contribution < -0.4 is 16.0 Å². The van der Waals surface area contributed by atoms with Crippen molar-refractivity contribution in [1.29, 1.82) is 5.41 Å². The number of aliphatic imine (C=N–C) groups is 2. The predicted octanol–water partition coefficient (Wildman–Crippen LogP) is 4.68. The van der Waals surface area contributed by atoms with E-state index >= 15 is 0 Å². The van der Waals surface area contributed by atoms with Crippen molar-refractivity contribution in [2.24, 2.45) is 15.7 Å². The summed E-state index contributed by atoms with van der Waals surface area (Å²) in [7, 11) is 0.